The Morgan fingerprint density at radius 2 is 2.41 bits per heavy atom. The number of rotatable bonds is 4. The van der Waals surface area contributed by atoms with E-state index < -0.39 is 0 Å². The van der Waals surface area contributed by atoms with Crippen LogP contribution in [0, 0.1) is 0 Å². The van der Waals surface area contributed by atoms with Gasteiger partial charge in [-0.3, -0.25) is 4.99 Å². The topological polar surface area (TPSA) is 62.6 Å². The third-order valence-corrected chi connectivity index (χ3v) is 4.24. The molecule has 0 aromatic carbocycles. The van der Waals surface area contributed by atoms with E-state index in [0.29, 0.717) is 12.4 Å². The fraction of sp³-hybridized carbons (Fsp3) is 0.400. The summed E-state index contributed by atoms with van der Waals surface area (Å²) < 4.78 is 5.90. The van der Waals surface area contributed by atoms with Gasteiger partial charge in [0, 0.05) is 43.9 Å². The fourth-order valence-electron chi connectivity index (χ4n) is 2.43. The lowest BCUT2D eigenvalue weighted by atomic mass is 10.3. The van der Waals surface area contributed by atoms with Crippen molar-refractivity contribution >= 4 is 17.3 Å². The number of thiazole rings is 1. The molecule has 2 aromatic heterocycles. The van der Waals surface area contributed by atoms with Crippen LogP contribution in [0.1, 0.15) is 11.4 Å². The number of guanidine groups is 1. The summed E-state index contributed by atoms with van der Waals surface area (Å²) in [4.78, 5) is 15.0. The number of hydrogen-bond donors (Lipinski definition) is 1. The number of aromatic nitrogens is 2. The summed E-state index contributed by atoms with van der Waals surface area (Å²) in [6, 6.07) is 5.71. The van der Waals surface area contributed by atoms with Gasteiger partial charge < -0.3 is 15.0 Å². The van der Waals surface area contributed by atoms with Gasteiger partial charge in [-0.1, -0.05) is 6.07 Å². The van der Waals surface area contributed by atoms with Gasteiger partial charge >= 0.3 is 0 Å². The highest BCUT2D eigenvalue weighted by molar-refractivity contribution is 7.09. The van der Waals surface area contributed by atoms with E-state index in [1.165, 1.54) is 0 Å². The predicted molar refractivity (Wildman–Crippen MR) is 87.2 cm³/mol. The maximum Gasteiger partial charge on any atom is 0.213 e. The molecule has 1 aliphatic heterocycles. The summed E-state index contributed by atoms with van der Waals surface area (Å²) in [5.74, 6) is 1.57. The van der Waals surface area contributed by atoms with Gasteiger partial charge in [0.25, 0.3) is 0 Å². The molecule has 0 radical (unpaired) electrons. The first-order valence-corrected chi connectivity index (χ1v) is 8.15. The van der Waals surface area contributed by atoms with Crippen LogP contribution in [-0.4, -0.2) is 47.1 Å². The van der Waals surface area contributed by atoms with Gasteiger partial charge in [-0.2, -0.15) is 0 Å². The molecule has 0 bridgehead atoms. The first-order chi connectivity index (χ1) is 10.8. The fourth-order valence-corrected chi connectivity index (χ4v) is 2.99. The van der Waals surface area contributed by atoms with Crippen LogP contribution >= 0.6 is 11.3 Å². The summed E-state index contributed by atoms with van der Waals surface area (Å²) in [5.41, 5.74) is 0. The van der Waals surface area contributed by atoms with Crippen LogP contribution in [0.15, 0.2) is 41.0 Å². The van der Waals surface area contributed by atoms with Crippen LogP contribution < -0.4 is 10.1 Å². The molecule has 0 saturated carbocycles. The molecule has 1 saturated heterocycles. The molecule has 1 N–H and O–H groups in total. The van der Waals surface area contributed by atoms with Gasteiger partial charge in [-0.15, -0.1) is 11.3 Å². The van der Waals surface area contributed by atoms with Crippen molar-refractivity contribution in [3.63, 3.8) is 0 Å². The summed E-state index contributed by atoms with van der Waals surface area (Å²) in [5, 5.41) is 6.39. The number of nitrogens with one attached hydrogen (secondary N) is 1. The second-order valence-electron chi connectivity index (χ2n) is 4.97. The van der Waals surface area contributed by atoms with Gasteiger partial charge in [0.05, 0.1) is 13.1 Å². The van der Waals surface area contributed by atoms with E-state index in [1.807, 2.05) is 29.8 Å². The molecule has 3 heterocycles. The number of pyridine rings is 1. The second kappa shape index (κ2) is 7.22. The number of hydrogen-bond acceptors (Lipinski definition) is 5. The van der Waals surface area contributed by atoms with Crippen LogP contribution in [0.25, 0.3) is 0 Å². The summed E-state index contributed by atoms with van der Waals surface area (Å²) in [7, 11) is 1.80. The van der Waals surface area contributed by atoms with E-state index in [1.54, 1.807) is 24.6 Å². The lowest BCUT2D eigenvalue weighted by Crippen LogP contribution is -2.40. The molecule has 1 fully saturated rings. The molecule has 0 spiro atoms. The Bertz CT molecular complexity index is 602. The van der Waals surface area contributed by atoms with E-state index in [2.05, 4.69) is 25.2 Å². The van der Waals surface area contributed by atoms with Crippen molar-refractivity contribution in [3.05, 3.63) is 41.0 Å². The molecule has 1 unspecified atom stereocenters. The van der Waals surface area contributed by atoms with E-state index in [4.69, 9.17) is 4.74 Å². The summed E-state index contributed by atoms with van der Waals surface area (Å²) in [6.45, 7) is 2.44. The smallest absolute Gasteiger partial charge is 0.213 e. The third kappa shape index (κ3) is 3.73. The minimum absolute atomic E-state index is 0.147. The molecular formula is C15H19N5OS. The summed E-state index contributed by atoms with van der Waals surface area (Å²) in [6.07, 6.45) is 4.68. The van der Waals surface area contributed by atoms with Crippen LogP contribution in [0.4, 0.5) is 0 Å². The zero-order valence-corrected chi connectivity index (χ0v) is 13.3. The highest BCUT2D eigenvalue weighted by Crippen LogP contribution is 2.16. The first kappa shape index (κ1) is 14.8. The first-order valence-electron chi connectivity index (χ1n) is 7.27. The Morgan fingerprint density at radius 3 is 3.14 bits per heavy atom. The van der Waals surface area contributed by atoms with Crippen LogP contribution in [0.3, 0.4) is 0 Å². The number of ether oxygens (including phenoxy) is 1. The largest absolute Gasteiger partial charge is 0.472 e. The highest BCUT2D eigenvalue weighted by Gasteiger charge is 2.26. The second-order valence-corrected chi connectivity index (χ2v) is 5.95. The molecule has 0 aliphatic carbocycles. The average molecular weight is 317 g/mol. The van der Waals surface area contributed by atoms with Crippen molar-refractivity contribution in [3.8, 4) is 5.88 Å². The summed E-state index contributed by atoms with van der Waals surface area (Å²) >= 11 is 1.64. The molecule has 0 amide bonds. The van der Waals surface area contributed by atoms with Gasteiger partial charge in [-0.25, -0.2) is 9.97 Å². The van der Waals surface area contributed by atoms with Crippen molar-refractivity contribution in [1.82, 2.24) is 20.2 Å². The van der Waals surface area contributed by atoms with Crippen LogP contribution in [0.5, 0.6) is 5.88 Å². The van der Waals surface area contributed by atoms with Crippen molar-refractivity contribution in [2.45, 2.75) is 19.1 Å². The standard InChI is InChI=1S/C15H19N5OS/c1-16-15(19-10-14-18-7-9-22-14)20-8-5-12(11-20)21-13-4-2-3-6-17-13/h2-4,6-7,9,12H,5,8,10-11H2,1H3,(H,16,19). The van der Waals surface area contributed by atoms with E-state index in [9.17, 15) is 0 Å². The van der Waals surface area contributed by atoms with Crippen LogP contribution in [-0.2, 0) is 6.54 Å². The van der Waals surface area contributed by atoms with E-state index in [-0.39, 0.29) is 6.10 Å². The van der Waals surface area contributed by atoms with Crippen molar-refractivity contribution in [1.29, 1.82) is 0 Å². The Labute approximate surface area is 133 Å². The van der Waals surface area contributed by atoms with Gasteiger partial charge in [0.15, 0.2) is 5.96 Å². The SMILES string of the molecule is CN=C(NCc1nccs1)N1CCC(Oc2ccccn2)C1. The van der Waals surface area contributed by atoms with Gasteiger partial charge in [-0.05, 0) is 6.07 Å². The molecule has 2 aromatic rings. The average Bonchev–Trinajstić information content (AvgIpc) is 3.21. The number of likely N-dealkylation sites (tertiary alicyclic amines) is 1. The minimum Gasteiger partial charge on any atom is -0.472 e. The zero-order valence-electron chi connectivity index (χ0n) is 12.5. The molecule has 1 atom stereocenters. The third-order valence-electron chi connectivity index (χ3n) is 3.46. The number of aliphatic imine (C=N–C) groups is 1. The molecular weight excluding hydrogens is 298 g/mol. The van der Waals surface area contributed by atoms with E-state index in [0.717, 1.165) is 30.5 Å². The van der Waals surface area contributed by atoms with Gasteiger partial charge in [0.1, 0.15) is 11.1 Å². The maximum absolute atomic E-state index is 5.90. The normalized spacial score (nSPS) is 18.5. The minimum atomic E-state index is 0.147. The molecule has 6 nitrogen and oxygen atoms in total. The molecule has 22 heavy (non-hydrogen) atoms. The quantitative estimate of drug-likeness (QED) is 0.688. The van der Waals surface area contributed by atoms with Gasteiger partial charge in [0.2, 0.25) is 5.88 Å². The Hall–Kier alpha value is -2.15. The van der Waals surface area contributed by atoms with Crippen molar-refractivity contribution in [2.24, 2.45) is 4.99 Å². The van der Waals surface area contributed by atoms with E-state index >= 15 is 0 Å². The van der Waals surface area contributed by atoms with Crippen molar-refractivity contribution < 1.29 is 4.74 Å². The lowest BCUT2D eigenvalue weighted by Gasteiger charge is -2.21. The number of nitrogens with zero attached hydrogens (tertiary/aromatic N) is 4. The van der Waals surface area contributed by atoms with Crippen LogP contribution in [0.2, 0.25) is 0 Å². The maximum atomic E-state index is 5.90. The molecule has 116 valence electrons. The molecule has 1 aliphatic rings. The van der Waals surface area contributed by atoms with Crippen molar-refractivity contribution in [2.75, 3.05) is 20.1 Å². The Kier molecular flexibility index (Phi) is 4.85. The monoisotopic (exact) mass is 317 g/mol. The molecule has 7 heteroatoms. The zero-order chi connectivity index (χ0) is 15.2. The predicted octanol–water partition coefficient (Wildman–Crippen LogP) is 1.77. The lowest BCUT2D eigenvalue weighted by molar-refractivity contribution is 0.205. The molecule has 3 rings (SSSR count). The Morgan fingerprint density at radius 1 is 1.45 bits per heavy atom. The highest BCUT2D eigenvalue weighted by atomic mass is 32.1. The Balaban J connectivity index is 1.52.